The van der Waals surface area contributed by atoms with Gasteiger partial charge in [0.2, 0.25) is 0 Å². The molecule has 4 atom stereocenters. The molecular weight excluding hydrogens is 810 g/mol. The molecule has 1 N–H and O–H groups in total. The van der Waals surface area contributed by atoms with E-state index in [9.17, 15) is 19.2 Å². The van der Waals surface area contributed by atoms with Gasteiger partial charge < -0.3 is 24.0 Å². The van der Waals surface area contributed by atoms with Crippen molar-refractivity contribution in [3.63, 3.8) is 0 Å². The molecule has 3 saturated heterocycles. The maximum absolute atomic E-state index is 15.5. The largest absolute Gasteiger partial charge is 0.461 e. The molecule has 2 amide bonds. The second-order valence-corrected chi connectivity index (χ2v) is 18.9. The molecule has 7 rings (SSSR count). The van der Waals surface area contributed by atoms with Gasteiger partial charge in [0, 0.05) is 37.3 Å². The number of likely N-dealkylation sites (tertiary alicyclic amines) is 1. The number of hydrogen-bond donors (Lipinski definition) is 1. The monoisotopic (exact) mass is 857 g/mol. The van der Waals surface area contributed by atoms with Crippen molar-refractivity contribution >= 4 is 55.3 Å². The minimum absolute atomic E-state index is 0.0191. The number of rotatable bonds is 7. The maximum atomic E-state index is 15.5. The number of hydrogen-bond acceptors (Lipinski definition) is 11. The summed E-state index contributed by atoms with van der Waals surface area (Å²) in [5, 5.41) is 12.6. The number of thiophene rings is 1. The summed E-state index contributed by atoms with van der Waals surface area (Å²) in [5.74, 6) is -0.704. The van der Waals surface area contributed by atoms with Gasteiger partial charge in [0.15, 0.2) is 0 Å². The van der Waals surface area contributed by atoms with Crippen LogP contribution < -0.4 is 15.0 Å². The Morgan fingerprint density at radius 2 is 1.78 bits per heavy atom. The molecule has 322 valence electrons. The van der Waals surface area contributed by atoms with Crippen LogP contribution in [0.15, 0.2) is 24.3 Å². The SMILES string of the molecule is C[C@@H]1[C@H](N(C)c2nc(OC[C@@]34CCCN3C[C@H](F)C4)nc3cc(-c4ccc(F)c5sc(NC(=O)OC(C)(C)C)c(C#N)c45)c(C(F)(F)F)cc23)CCN1C(=O)OC(C)(C)C. The highest BCUT2D eigenvalue weighted by Crippen LogP contribution is 2.48. The van der Waals surface area contributed by atoms with E-state index in [1.165, 1.54) is 6.07 Å². The Balaban J connectivity index is 1.38. The second-order valence-electron chi connectivity index (χ2n) is 17.8. The third-order valence-corrected chi connectivity index (χ3v) is 12.4. The topological polar surface area (TPSA) is 133 Å². The molecule has 0 radical (unpaired) electrons. The standard InChI is InChI=1S/C42H48F5N7O5S/c1-22-31(12-15-54(22)38(56)59-40(5,6)7)52(8)34-26-16-28(42(45,46)47)25(17-30(26)49-36(50-34)57-21-41-13-9-14-53(41)20-23(43)18-41)24-10-11-29(44)33-32(24)27(19-48)35(60-33)51-37(55)58-39(2,3)4/h10-11,16-17,22-23,31H,9,12-15,18,20-21H2,1-8H3,(H,51,55)/t22-,23-,31-,41+/m1/s1. The fourth-order valence-corrected chi connectivity index (χ4v) is 9.81. The van der Waals surface area contributed by atoms with Gasteiger partial charge in [0.25, 0.3) is 0 Å². The van der Waals surface area contributed by atoms with Gasteiger partial charge in [-0.1, -0.05) is 6.07 Å². The number of nitrogens with one attached hydrogen (secondary N) is 1. The number of carbonyl (C=O) groups excluding carboxylic acids is 2. The quantitative estimate of drug-likeness (QED) is 0.179. The zero-order chi connectivity index (χ0) is 43.7. The van der Waals surface area contributed by atoms with Gasteiger partial charge in [0.1, 0.15) is 46.7 Å². The Bertz CT molecular complexity index is 2390. The number of fused-ring (bicyclic) bond motifs is 3. The smallest absolute Gasteiger partial charge is 0.417 e. The number of ether oxygens (including phenoxy) is 3. The molecule has 0 saturated carbocycles. The van der Waals surface area contributed by atoms with E-state index in [2.05, 4.69) is 15.2 Å². The lowest BCUT2D eigenvalue weighted by atomic mass is 9.93. The lowest BCUT2D eigenvalue weighted by molar-refractivity contribution is -0.137. The number of halogens is 5. The molecule has 0 unspecified atom stereocenters. The van der Waals surface area contributed by atoms with Gasteiger partial charge in [-0.25, -0.2) is 18.4 Å². The first kappa shape index (κ1) is 43.1. The number of nitriles is 1. The summed E-state index contributed by atoms with van der Waals surface area (Å²) in [5.41, 5.74) is -4.08. The van der Waals surface area contributed by atoms with E-state index in [-0.39, 0.29) is 68.5 Å². The van der Waals surface area contributed by atoms with Crippen LogP contribution in [0.25, 0.3) is 32.1 Å². The molecule has 0 aliphatic carbocycles. The van der Waals surface area contributed by atoms with Gasteiger partial charge in [-0.05, 0) is 104 Å². The van der Waals surface area contributed by atoms with Crippen molar-refractivity contribution in [1.82, 2.24) is 19.8 Å². The Hall–Kier alpha value is -5.02. The van der Waals surface area contributed by atoms with E-state index in [1.807, 2.05) is 13.0 Å². The van der Waals surface area contributed by atoms with Crippen LogP contribution in [0.4, 0.5) is 42.4 Å². The summed E-state index contributed by atoms with van der Waals surface area (Å²) in [6.45, 7) is 13.4. The summed E-state index contributed by atoms with van der Waals surface area (Å²) >= 11 is 0.698. The molecule has 5 heterocycles. The van der Waals surface area contributed by atoms with E-state index in [1.54, 1.807) is 58.4 Å². The Kier molecular flexibility index (Phi) is 11.1. The molecule has 0 bridgehead atoms. The van der Waals surface area contributed by atoms with E-state index < -0.39 is 70.3 Å². The highest BCUT2D eigenvalue weighted by Gasteiger charge is 2.49. The average Bonchev–Trinajstić information content (AvgIpc) is 3.88. The third-order valence-electron chi connectivity index (χ3n) is 11.3. The van der Waals surface area contributed by atoms with Gasteiger partial charge in [-0.2, -0.15) is 28.4 Å². The second kappa shape index (κ2) is 15.5. The van der Waals surface area contributed by atoms with E-state index in [4.69, 9.17) is 19.2 Å². The van der Waals surface area contributed by atoms with Crippen molar-refractivity contribution in [2.75, 3.05) is 43.5 Å². The molecule has 0 spiro atoms. The summed E-state index contributed by atoms with van der Waals surface area (Å²) in [4.78, 5) is 40.6. The first-order chi connectivity index (χ1) is 28.0. The molecular formula is C42H48F5N7O5S. The van der Waals surface area contributed by atoms with Crippen LogP contribution in [-0.4, -0.2) is 100 Å². The minimum atomic E-state index is -4.97. The van der Waals surface area contributed by atoms with E-state index in [0.29, 0.717) is 37.3 Å². The number of anilines is 2. The zero-order valence-electron chi connectivity index (χ0n) is 34.7. The fraction of sp³-hybridized carbons (Fsp3) is 0.548. The summed E-state index contributed by atoms with van der Waals surface area (Å²) < 4.78 is 93.4. The van der Waals surface area contributed by atoms with Gasteiger partial charge in [-0.15, -0.1) is 11.3 Å². The van der Waals surface area contributed by atoms with Crippen LogP contribution in [0.3, 0.4) is 0 Å². The Labute approximate surface area is 348 Å². The number of amides is 2. The minimum Gasteiger partial charge on any atom is -0.461 e. The van der Waals surface area contributed by atoms with Crippen molar-refractivity contribution in [3.8, 4) is 23.2 Å². The Morgan fingerprint density at radius 1 is 1.07 bits per heavy atom. The number of likely N-dealkylation sites (N-methyl/N-ethyl adjacent to an activating group) is 1. The van der Waals surface area contributed by atoms with Crippen molar-refractivity contribution in [2.24, 2.45) is 0 Å². The van der Waals surface area contributed by atoms with Gasteiger partial charge >= 0.3 is 24.4 Å². The van der Waals surface area contributed by atoms with Gasteiger partial charge in [0.05, 0.1) is 39.0 Å². The maximum Gasteiger partial charge on any atom is 0.417 e. The molecule has 3 aliphatic rings. The summed E-state index contributed by atoms with van der Waals surface area (Å²) in [6.07, 6.45) is -5.19. The van der Waals surface area contributed by atoms with Crippen LogP contribution in [0, 0.1) is 17.1 Å². The highest BCUT2D eigenvalue weighted by molar-refractivity contribution is 7.23. The summed E-state index contributed by atoms with van der Waals surface area (Å²) in [7, 11) is 1.68. The molecule has 4 aromatic rings. The normalized spacial score (nSPS) is 22.3. The molecule has 3 fully saturated rings. The average molecular weight is 858 g/mol. The zero-order valence-corrected chi connectivity index (χ0v) is 35.5. The number of alkyl halides is 4. The molecule has 18 heteroatoms. The summed E-state index contributed by atoms with van der Waals surface area (Å²) in [6, 6.07) is 5.27. The first-order valence-electron chi connectivity index (χ1n) is 19.8. The predicted octanol–water partition coefficient (Wildman–Crippen LogP) is 9.68. The number of aromatic nitrogens is 2. The number of carbonyl (C=O) groups is 2. The lowest BCUT2D eigenvalue weighted by Gasteiger charge is -2.33. The van der Waals surface area contributed by atoms with Crippen molar-refractivity contribution in [2.45, 2.75) is 115 Å². The third kappa shape index (κ3) is 8.34. The van der Waals surface area contributed by atoms with Crippen LogP contribution in [0.2, 0.25) is 0 Å². The lowest BCUT2D eigenvalue weighted by Crippen LogP contribution is -2.45. The van der Waals surface area contributed by atoms with E-state index in [0.717, 1.165) is 24.6 Å². The van der Waals surface area contributed by atoms with E-state index >= 15 is 17.6 Å². The van der Waals surface area contributed by atoms with Crippen LogP contribution >= 0.6 is 11.3 Å². The number of nitrogens with zero attached hydrogens (tertiary/aromatic N) is 6. The van der Waals surface area contributed by atoms with Crippen molar-refractivity contribution in [3.05, 3.63) is 41.2 Å². The molecule has 2 aromatic heterocycles. The molecule has 60 heavy (non-hydrogen) atoms. The van der Waals surface area contributed by atoms with Crippen LogP contribution in [-0.2, 0) is 15.7 Å². The van der Waals surface area contributed by atoms with Crippen LogP contribution in [0.1, 0.15) is 85.3 Å². The predicted molar refractivity (Wildman–Crippen MR) is 218 cm³/mol. The first-order valence-corrected chi connectivity index (χ1v) is 20.6. The molecule has 2 aromatic carbocycles. The van der Waals surface area contributed by atoms with Crippen molar-refractivity contribution in [1.29, 1.82) is 5.26 Å². The molecule has 12 nitrogen and oxygen atoms in total. The molecule has 3 aliphatic heterocycles. The Morgan fingerprint density at radius 3 is 2.45 bits per heavy atom. The fourth-order valence-electron chi connectivity index (χ4n) is 8.74. The number of benzene rings is 2. The van der Waals surface area contributed by atoms with Crippen molar-refractivity contribution < 1.29 is 45.8 Å². The van der Waals surface area contributed by atoms with Gasteiger partial charge in [-0.3, -0.25) is 10.2 Å². The highest BCUT2D eigenvalue weighted by atomic mass is 32.1. The van der Waals surface area contributed by atoms with Crippen LogP contribution in [0.5, 0.6) is 6.01 Å².